The number of hydrogen-bond acceptors (Lipinski definition) is 5. The van der Waals surface area contributed by atoms with E-state index in [0.717, 1.165) is 19.3 Å². The highest BCUT2D eigenvalue weighted by Crippen LogP contribution is 2.50. The minimum absolute atomic E-state index is 0.0233. The number of carboxylic acids is 1. The molecule has 3 heterocycles. The average Bonchev–Trinajstić information content (AvgIpc) is 3.58. The molecule has 3 fully saturated rings. The van der Waals surface area contributed by atoms with Gasteiger partial charge in [0.05, 0.1) is 17.5 Å². The number of hydrogen-bond donors (Lipinski definition) is 2. The van der Waals surface area contributed by atoms with Crippen LogP contribution in [0.1, 0.15) is 77.2 Å². The summed E-state index contributed by atoms with van der Waals surface area (Å²) < 4.78 is 23.9. The molecular weight excluding hydrogens is 449 g/mol. The van der Waals surface area contributed by atoms with Gasteiger partial charge < -0.3 is 24.6 Å². The summed E-state index contributed by atoms with van der Waals surface area (Å²) in [6, 6.07) is 1.27. The van der Waals surface area contributed by atoms with Gasteiger partial charge in [0.15, 0.2) is 11.6 Å². The molecule has 0 amide bonds. The number of rotatable bonds is 5. The largest absolute Gasteiger partial charge is 0.489 e. The van der Waals surface area contributed by atoms with Crippen molar-refractivity contribution in [2.45, 2.75) is 84.0 Å². The molecule has 5 rings (SSSR count). The lowest BCUT2D eigenvalue weighted by atomic mass is 9.68. The van der Waals surface area contributed by atoms with E-state index in [1.807, 2.05) is 11.5 Å². The van der Waals surface area contributed by atoms with Crippen molar-refractivity contribution in [3.63, 3.8) is 0 Å². The number of ether oxygens (including phenoxy) is 1. The number of aromatic carboxylic acids is 1. The quantitative estimate of drug-likeness (QED) is 0.646. The van der Waals surface area contributed by atoms with Gasteiger partial charge in [-0.1, -0.05) is 6.92 Å². The Bertz CT molecular complexity index is 1270. The van der Waals surface area contributed by atoms with Crippen molar-refractivity contribution in [1.82, 2.24) is 9.88 Å². The first-order valence-corrected chi connectivity index (χ1v) is 12.7. The van der Waals surface area contributed by atoms with E-state index >= 15 is 4.39 Å². The Morgan fingerprint density at radius 3 is 2.57 bits per heavy atom. The third-order valence-corrected chi connectivity index (χ3v) is 9.01. The molecule has 0 radical (unpaired) electrons. The molecule has 1 aromatic carbocycles. The molecule has 2 aromatic rings. The molecule has 7 nitrogen and oxygen atoms in total. The number of benzene rings is 1. The number of carbonyl (C=O) groups is 1. The summed E-state index contributed by atoms with van der Waals surface area (Å²) in [5.41, 5.74) is -0.415. The lowest BCUT2D eigenvalue weighted by Gasteiger charge is -2.51. The molecule has 1 unspecified atom stereocenters. The molecule has 8 heteroatoms. The van der Waals surface area contributed by atoms with Crippen LogP contribution in [0.15, 0.2) is 17.1 Å². The number of halogens is 1. The first-order valence-electron chi connectivity index (χ1n) is 12.7. The second-order valence-corrected chi connectivity index (χ2v) is 11.5. The van der Waals surface area contributed by atoms with Crippen LogP contribution in [-0.2, 0) is 0 Å². The second-order valence-electron chi connectivity index (χ2n) is 11.5. The monoisotopic (exact) mass is 485 g/mol. The fourth-order valence-electron chi connectivity index (χ4n) is 6.38. The smallest absolute Gasteiger partial charge is 0.341 e. The molecule has 1 saturated carbocycles. The zero-order chi connectivity index (χ0) is 25.4. The van der Waals surface area contributed by atoms with Crippen molar-refractivity contribution in [2.24, 2.45) is 11.8 Å². The van der Waals surface area contributed by atoms with E-state index in [1.54, 1.807) is 0 Å². The highest BCUT2D eigenvalue weighted by molar-refractivity contribution is 5.97. The van der Waals surface area contributed by atoms with Gasteiger partial charge in [-0.3, -0.25) is 4.79 Å². The molecule has 2 aliphatic heterocycles. The Kier molecular flexibility index (Phi) is 5.47. The van der Waals surface area contributed by atoms with Gasteiger partial charge in [0.1, 0.15) is 11.3 Å². The predicted molar refractivity (Wildman–Crippen MR) is 134 cm³/mol. The first kappa shape index (κ1) is 24.1. The maximum atomic E-state index is 16.0. The molecule has 0 bridgehead atoms. The van der Waals surface area contributed by atoms with Crippen LogP contribution in [-0.4, -0.2) is 45.9 Å². The number of anilines is 1. The fraction of sp³-hybridized carbons (Fsp3) is 0.630. The Labute approximate surface area is 205 Å². The van der Waals surface area contributed by atoms with Crippen LogP contribution in [0, 0.1) is 17.7 Å². The van der Waals surface area contributed by atoms with E-state index in [2.05, 4.69) is 44.8 Å². The highest BCUT2D eigenvalue weighted by Gasteiger charge is 2.56. The normalized spacial score (nSPS) is 29.9. The molecule has 2 N–H and O–H groups in total. The third kappa shape index (κ3) is 3.55. The topological polar surface area (TPSA) is 83.8 Å². The van der Waals surface area contributed by atoms with Crippen molar-refractivity contribution < 1.29 is 19.0 Å². The fourth-order valence-corrected chi connectivity index (χ4v) is 6.38. The zero-order valence-corrected chi connectivity index (χ0v) is 21.4. The number of nitrogens with zero attached hydrogens (tertiary/aromatic N) is 2. The Morgan fingerprint density at radius 2 is 1.97 bits per heavy atom. The van der Waals surface area contributed by atoms with E-state index in [1.165, 1.54) is 12.3 Å². The van der Waals surface area contributed by atoms with E-state index < -0.39 is 17.2 Å². The molecule has 4 atom stereocenters. The SMILES string of the molecule is CCOc1c(N2C[C@@H]3CC(C)C(C)(C)N[C@]3(C)[C@H]2C)c(F)cc2c(=O)c(C(=O)O)cn(C3CC3)c12. The van der Waals surface area contributed by atoms with Gasteiger partial charge in [0.25, 0.3) is 0 Å². The van der Waals surface area contributed by atoms with Gasteiger partial charge in [-0.05, 0) is 71.8 Å². The van der Waals surface area contributed by atoms with Crippen molar-refractivity contribution >= 4 is 22.6 Å². The van der Waals surface area contributed by atoms with Crippen LogP contribution in [0.2, 0.25) is 0 Å². The summed E-state index contributed by atoms with van der Waals surface area (Å²) in [6.45, 7) is 13.9. The van der Waals surface area contributed by atoms with Crippen LogP contribution in [0.3, 0.4) is 0 Å². The summed E-state index contributed by atoms with van der Waals surface area (Å²) in [4.78, 5) is 27.0. The lowest BCUT2D eigenvalue weighted by molar-refractivity contribution is 0.0693. The number of fused-ring (bicyclic) bond motifs is 2. The van der Waals surface area contributed by atoms with E-state index in [-0.39, 0.29) is 34.1 Å². The minimum atomic E-state index is -1.30. The summed E-state index contributed by atoms with van der Waals surface area (Å²) >= 11 is 0. The number of aromatic nitrogens is 1. The Balaban J connectivity index is 1.73. The number of carboxylic acid groups (broad SMARTS) is 1. The molecule has 0 spiro atoms. The van der Waals surface area contributed by atoms with Gasteiger partial charge in [0, 0.05) is 35.9 Å². The maximum absolute atomic E-state index is 16.0. The van der Waals surface area contributed by atoms with E-state index in [9.17, 15) is 14.7 Å². The summed E-state index contributed by atoms with van der Waals surface area (Å²) in [6.07, 6.45) is 4.21. The third-order valence-electron chi connectivity index (χ3n) is 9.01. The summed E-state index contributed by atoms with van der Waals surface area (Å²) in [5, 5.41) is 13.6. The van der Waals surface area contributed by atoms with Gasteiger partial charge in [-0.25, -0.2) is 9.18 Å². The van der Waals surface area contributed by atoms with E-state index in [4.69, 9.17) is 4.74 Å². The van der Waals surface area contributed by atoms with Crippen molar-refractivity contribution in [2.75, 3.05) is 18.1 Å². The molecule has 190 valence electrons. The number of piperidine rings is 1. The molecule has 35 heavy (non-hydrogen) atoms. The number of nitrogens with one attached hydrogen (secondary N) is 1. The Morgan fingerprint density at radius 1 is 1.29 bits per heavy atom. The average molecular weight is 486 g/mol. The standard InChI is InChI=1S/C27H36FN3O4/c1-7-35-24-21-18(23(32)19(25(33)34)13-31(21)17-8-9-17)11-20(28)22(24)30-12-16-10-14(2)26(4,5)29-27(16,6)15(30)3/h11,13-17,29H,7-10,12H2,1-6H3,(H,33,34)/t14?,15-,16+,27-/m1/s1. The maximum Gasteiger partial charge on any atom is 0.341 e. The van der Waals surface area contributed by atoms with Gasteiger partial charge >= 0.3 is 5.97 Å². The molecular formula is C27H36FN3O4. The van der Waals surface area contributed by atoms with Gasteiger partial charge in [0.2, 0.25) is 5.43 Å². The van der Waals surface area contributed by atoms with Gasteiger partial charge in [-0.2, -0.15) is 0 Å². The van der Waals surface area contributed by atoms with Crippen LogP contribution in [0.25, 0.3) is 10.9 Å². The van der Waals surface area contributed by atoms with Crippen molar-refractivity contribution in [3.8, 4) is 5.75 Å². The van der Waals surface area contributed by atoms with Crippen LogP contribution < -0.4 is 20.4 Å². The highest BCUT2D eigenvalue weighted by atomic mass is 19.1. The predicted octanol–water partition coefficient (Wildman–Crippen LogP) is 4.56. The van der Waals surface area contributed by atoms with Crippen molar-refractivity contribution in [1.29, 1.82) is 0 Å². The zero-order valence-electron chi connectivity index (χ0n) is 21.4. The first-order chi connectivity index (χ1) is 16.4. The van der Waals surface area contributed by atoms with Crippen LogP contribution in [0.5, 0.6) is 5.75 Å². The van der Waals surface area contributed by atoms with Crippen LogP contribution >= 0.6 is 0 Å². The lowest BCUT2D eigenvalue weighted by Crippen LogP contribution is -2.67. The molecule has 1 aliphatic carbocycles. The number of pyridine rings is 1. The molecule has 3 aliphatic rings. The molecule has 1 aromatic heterocycles. The summed E-state index contributed by atoms with van der Waals surface area (Å²) in [7, 11) is 0. The summed E-state index contributed by atoms with van der Waals surface area (Å²) in [5.74, 6) is -0.726. The van der Waals surface area contributed by atoms with Crippen LogP contribution in [0.4, 0.5) is 10.1 Å². The van der Waals surface area contributed by atoms with Crippen molar-refractivity contribution in [3.05, 3.63) is 33.9 Å². The van der Waals surface area contributed by atoms with E-state index in [0.29, 0.717) is 41.9 Å². The van der Waals surface area contributed by atoms with Gasteiger partial charge in [-0.15, -0.1) is 0 Å². The molecule has 2 saturated heterocycles. The second kappa shape index (κ2) is 7.95. The Hall–Kier alpha value is -2.61. The minimum Gasteiger partial charge on any atom is -0.489 e.